The molecule has 0 heterocycles. The van der Waals surface area contributed by atoms with Crippen LogP contribution in [-0.2, 0) is 4.79 Å². The number of rotatable bonds is 4. The lowest BCUT2D eigenvalue weighted by molar-refractivity contribution is -0.121. The number of amides is 1. The zero-order valence-electron chi connectivity index (χ0n) is 9.61. The highest BCUT2D eigenvalue weighted by atomic mass is 35.5. The van der Waals surface area contributed by atoms with Crippen LogP contribution in [0.4, 0.5) is 5.69 Å². The van der Waals surface area contributed by atoms with Crippen LogP contribution in [0.1, 0.15) is 13.8 Å². The summed E-state index contributed by atoms with van der Waals surface area (Å²) in [6.45, 7) is 4.63. The third-order valence-corrected chi connectivity index (χ3v) is 2.58. The van der Waals surface area contributed by atoms with Gasteiger partial charge in [0.05, 0.1) is 10.7 Å². The fourth-order valence-electron chi connectivity index (χ4n) is 1.46. The van der Waals surface area contributed by atoms with Crippen LogP contribution in [0.2, 0.25) is 5.02 Å². The number of nitrogens with zero attached hydrogens (tertiary/aromatic N) is 1. The summed E-state index contributed by atoms with van der Waals surface area (Å²) in [7, 11) is 0. The molecule has 88 valence electrons. The molecule has 16 heavy (non-hydrogen) atoms. The van der Waals surface area contributed by atoms with E-state index in [9.17, 15) is 4.79 Å². The molecule has 0 spiro atoms. The third kappa shape index (κ3) is 2.97. The molecule has 0 aliphatic heterocycles. The van der Waals surface area contributed by atoms with E-state index in [4.69, 9.17) is 17.3 Å². The number of carbonyl (C=O) groups is 1. The molecule has 0 fully saturated rings. The van der Waals surface area contributed by atoms with Crippen LogP contribution in [0.15, 0.2) is 24.3 Å². The van der Waals surface area contributed by atoms with Gasteiger partial charge in [0, 0.05) is 19.0 Å². The van der Waals surface area contributed by atoms with Gasteiger partial charge < -0.3 is 10.6 Å². The van der Waals surface area contributed by atoms with Crippen LogP contribution in [-0.4, -0.2) is 19.0 Å². The summed E-state index contributed by atoms with van der Waals surface area (Å²) in [5.41, 5.74) is 6.25. The van der Waals surface area contributed by atoms with Crippen molar-refractivity contribution in [2.24, 2.45) is 11.7 Å². The number of benzene rings is 1. The van der Waals surface area contributed by atoms with Crippen molar-refractivity contribution in [1.29, 1.82) is 0 Å². The third-order valence-electron chi connectivity index (χ3n) is 2.26. The lowest BCUT2D eigenvalue weighted by Gasteiger charge is -2.24. The number of hydrogen-bond donors (Lipinski definition) is 1. The molecule has 3 nitrogen and oxygen atoms in total. The lowest BCUT2D eigenvalue weighted by Crippen LogP contribution is -2.38. The predicted molar refractivity (Wildman–Crippen MR) is 67.7 cm³/mol. The van der Waals surface area contributed by atoms with E-state index in [-0.39, 0.29) is 11.8 Å². The van der Waals surface area contributed by atoms with Gasteiger partial charge in [-0.3, -0.25) is 4.79 Å². The molecule has 0 bridgehead atoms. The van der Waals surface area contributed by atoms with Crippen LogP contribution >= 0.6 is 11.6 Å². The lowest BCUT2D eigenvalue weighted by atomic mass is 10.1. The fraction of sp³-hybridized carbons (Fsp3) is 0.417. The Labute approximate surface area is 101 Å². The SMILES string of the molecule is CC(C)C(=O)N(CCN)c1ccccc1Cl. The fourth-order valence-corrected chi connectivity index (χ4v) is 1.70. The highest BCUT2D eigenvalue weighted by Crippen LogP contribution is 2.26. The van der Waals surface area contributed by atoms with Crippen LogP contribution in [0.25, 0.3) is 0 Å². The van der Waals surface area contributed by atoms with Gasteiger partial charge in [-0.25, -0.2) is 0 Å². The van der Waals surface area contributed by atoms with Crippen molar-refractivity contribution in [3.63, 3.8) is 0 Å². The van der Waals surface area contributed by atoms with Gasteiger partial charge in [0.25, 0.3) is 0 Å². The second kappa shape index (κ2) is 5.87. The molecule has 1 aromatic rings. The van der Waals surface area contributed by atoms with Gasteiger partial charge in [-0.2, -0.15) is 0 Å². The highest BCUT2D eigenvalue weighted by molar-refractivity contribution is 6.33. The normalized spacial score (nSPS) is 10.6. The molecule has 1 rings (SSSR count). The van der Waals surface area contributed by atoms with Crippen molar-refractivity contribution < 1.29 is 4.79 Å². The first-order valence-electron chi connectivity index (χ1n) is 5.34. The van der Waals surface area contributed by atoms with E-state index in [0.717, 1.165) is 5.69 Å². The van der Waals surface area contributed by atoms with Gasteiger partial charge in [-0.05, 0) is 12.1 Å². The molecule has 4 heteroatoms. The van der Waals surface area contributed by atoms with E-state index in [1.54, 1.807) is 11.0 Å². The Morgan fingerprint density at radius 3 is 2.56 bits per heavy atom. The van der Waals surface area contributed by atoms with E-state index in [0.29, 0.717) is 18.1 Å². The van der Waals surface area contributed by atoms with Gasteiger partial charge in [-0.1, -0.05) is 37.6 Å². The molecular weight excluding hydrogens is 224 g/mol. The smallest absolute Gasteiger partial charge is 0.229 e. The maximum Gasteiger partial charge on any atom is 0.229 e. The largest absolute Gasteiger partial charge is 0.329 e. The predicted octanol–water partition coefficient (Wildman–Crippen LogP) is 2.29. The molecule has 1 aromatic carbocycles. The van der Waals surface area contributed by atoms with E-state index < -0.39 is 0 Å². The molecule has 0 saturated heterocycles. The molecule has 0 saturated carbocycles. The van der Waals surface area contributed by atoms with Gasteiger partial charge in [0.1, 0.15) is 0 Å². The summed E-state index contributed by atoms with van der Waals surface area (Å²) in [5, 5.41) is 0.574. The van der Waals surface area contributed by atoms with E-state index >= 15 is 0 Å². The summed E-state index contributed by atoms with van der Waals surface area (Å²) in [5.74, 6) is -0.0265. The molecule has 0 radical (unpaired) electrons. The maximum absolute atomic E-state index is 12.0. The number of anilines is 1. The first kappa shape index (κ1) is 13.0. The van der Waals surface area contributed by atoms with Crippen LogP contribution in [0.3, 0.4) is 0 Å². The Hall–Kier alpha value is -1.06. The quantitative estimate of drug-likeness (QED) is 0.878. The summed E-state index contributed by atoms with van der Waals surface area (Å²) < 4.78 is 0. The summed E-state index contributed by atoms with van der Waals surface area (Å²) in [6.07, 6.45) is 0. The van der Waals surface area contributed by atoms with Crippen molar-refractivity contribution >= 4 is 23.2 Å². The topological polar surface area (TPSA) is 46.3 Å². The number of halogens is 1. The monoisotopic (exact) mass is 240 g/mol. The van der Waals surface area contributed by atoms with Crippen molar-refractivity contribution in [3.05, 3.63) is 29.3 Å². The molecular formula is C12H17ClN2O. The highest BCUT2D eigenvalue weighted by Gasteiger charge is 2.19. The number of carbonyl (C=O) groups excluding carboxylic acids is 1. The molecule has 0 aliphatic rings. The van der Waals surface area contributed by atoms with Gasteiger partial charge in [0.15, 0.2) is 0 Å². The number of nitrogens with two attached hydrogens (primary N) is 1. The van der Waals surface area contributed by atoms with Crippen LogP contribution < -0.4 is 10.6 Å². The second-order valence-electron chi connectivity index (χ2n) is 3.88. The Morgan fingerprint density at radius 1 is 1.44 bits per heavy atom. The average Bonchev–Trinajstić information content (AvgIpc) is 2.26. The first-order chi connectivity index (χ1) is 7.57. The minimum atomic E-state index is -0.0668. The van der Waals surface area contributed by atoms with E-state index in [2.05, 4.69) is 0 Å². The van der Waals surface area contributed by atoms with Gasteiger partial charge >= 0.3 is 0 Å². The van der Waals surface area contributed by atoms with Crippen molar-refractivity contribution in [2.45, 2.75) is 13.8 Å². The number of para-hydroxylation sites is 1. The second-order valence-corrected chi connectivity index (χ2v) is 4.29. The Morgan fingerprint density at radius 2 is 2.06 bits per heavy atom. The molecule has 0 unspecified atom stereocenters. The van der Waals surface area contributed by atoms with Crippen molar-refractivity contribution in [1.82, 2.24) is 0 Å². The summed E-state index contributed by atoms with van der Waals surface area (Å²) >= 11 is 6.07. The molecule has 2 N–H and O–H groups in total. The average molecular weight is 241 g/mol. The minimum Gasteiger partial charge on any atom is -0.329 e. The molecule has 1 amide bonds. The Balaban J connectivity index is 3.03. The Bertz CT molecular complexity index is 366. The van der Waals surface area contributed by atoms with E-state index in [1.165, 1.54) is 0 Å². The zero-order chi connectivity index (χ0) is 12.1. The maximum atomic E-state index is 12.0. The van der Waals surface area contributed by atoms with Gasteiger partial charge in [0.2, 0.25) is 5.91 Å². The van der Waals surface area contributed by atoms with Crippen LogP contribution in [0.5, 0.6) is 0 Å². The minimum absolute atomic E-state index is 0.0403. The standard InChI is InChI=1S/C12H17ClN2O/c1-9(2)12(16)15(8-7-14)11-6-4-3-5-10(11)13/h3-6,9H,7-8,14H2,1-2H3. The van der Waals surface area contributed by atoms with Crippen molar-refractivity contribution in [2.75, 3.05) is 18.0 Å². The number of hydrogen-bond acceptors (Lipinski definition) is 2. The van der Waals surface area contributed by atoms with Gasteiger partial charge in [-0.15, -0.1) is 0 Å². The molecule has 0 aliphatic carbocycles. The van der Waals surface area contributed by atoms with Crippen LogP contribution in [0, 0.1) is 5.92 Å². The summed E-state index contributed by atoms with van der Waals surface area (Å²) in [4.78, 5) is 13.6. The summed E-state index contributed by atoms with van der Waals surface area (Å²) in [6, 6.07) is 7.30. The zero-order valence-corrected chi connectivity index (χ0v) is 10.4. The molecule has 0 aromatic heterocycles. The van der Waals surface area contributed by atoms with E-state index in [1.807, 2.05) is 32.0 Å². The first-order valence-corrected chi connectivity index (χ1v) is 5.71. The molecule has 0 atom stereocenters. The van der Waals surface area contributed by atoms with Crippen molar-refractivity contribution in [3.8, 4) is 0 Å². The Kier molecular flexibility index (Phi) is 4.77.